The van der Waals surface area contributed by atoms with Crippen molar-refractivity contribution >= 4 is 37.0 Å². The van der Waals surface area contributed by atoms with E-state index in [1.807, 2.05) is 41.5 Å². The summed E-state index contributed by atoms with van der Waals surface area (Å²) in [4.78, 5) is 22.9. The zero-order valence-electron chi connectivity index (χ0n) is 20.6. The summed E-state index contributed by atoms with van der Waals surface area (Å²) in [6.45, 7) is 11.2. The maximum atomic E-state index is 11.5. The molecule has 0 unspecified atom stereocenters. The van der Waals surface area contributed by atoms with Crippen LogP contribution in [0, 0.1) is 0 Å². The summed E-state index contributed by atoms with van der Waals surface area (Å²) in [6.07, 6.45) is 7.36. The first-order chi connectivity index (χ1) is 13.7. The van der Waals surface area contributed by atoms with Crippen LogP contribution in [0.2, 0.25) is 0 Å². The van der Waals surface area contributed by atoms with Crippen LogP contribution >= 0.6 is 24.8 Å². The van der Waals surface area contributed by atoms with E-state index in [9.17, 15) is 9.59 Å². The number of amides is 2. The lowest BCUT2D eigenvalue weighted by Gasteiger charge is -2.28. The number of ether oxygens (including phenoxy) is 2. The lowest BCUT2D eigenvalue weighted by atomic mass is 9.92. The molecule has 0 aliphatic heterocycles. The molecule has 2 rings (SSSR count). The Morgan fingerprint density at radius 1 is 0.688 bits per heavy atom. The van der Waals surface area contributed by atoms with Gasteiger partial charge in [-0.1, -0.05) is 0 Å². The van der Waals surface area contributed by atoms with Crippen LogP contribution in [0.25, 0.3) is 0 Å². The van der Waals surface area contributed by atoms with E-state index in [1.54, 1.807) is 0 Å². The number of carbonyl (C=O) groups is 2. The second-order valence-electron chi connectivity index (χ2n) is 10.5. The Labute approximate surface area is 206 Å². The van der Waals surface area contributed by atoms with Gasteiger partial charge in [-0.25, -0.2) is 9.59 Å². The lowest BCUT2D eigenvalue weighted by Crippen LogP contribution is -2.44. The predicted octanol–water partition coefficient (Wildman–Crippen LogP) is 4.41. The summed E-state index contributed by atoms with van der Waals surface area (Å²) in [6, 6.07) is 0.810. The van der Waals surface area contributed by atoms with Crippen LogP contribution in [0.4, 0.5) is 9.59 Å². The standard InChI is InChI=1S/2C11H22N2O2.2ClH/c2*1-11(2,3)15-10(14)13-9-6-4-5-8(12)7-9;;/h2*8-9H,4-7,12H2,1-3H3,(H,13,14);2*1H/t2*8-,9-;;/m10../s1. The van der Waals surface area contributed by atoms with Gasteiger partial charge in [-0.2, -0.15) is 0 Å². The summed E-state index contributed by atoms with van der Waals surface area (Å²) in [5.74, 6) is 0. The van der Waals surface area contributed by atoms with Gasteiger partial charge in [0.2, 0.25) is 0 Å². The van der Waals surface area contributed by atoms with Crippen LogP contribution in [0.5, 0.6) is 0 Å². The van der Waals surface area contributed by atoms with E-state index in [4.69, 9.17) is 20.9 Å². The number of rotatable bonds is 2. The highest BCUT2D eigenvalue weighted by Gasteiger charge is 2.24. The third kappa shape index (κ3) is 16.6. The van der Waals surface area contributed by atoms with Crippen molar-refractivity contribution in [3.63, 3.8) is 0 Å². The topological polar surface area (TPSA) is 129 Å². The minimum absolute atomic E-state index is 0. The highest BCUT2D eigenvalue weighted by Crippen LogP contribution is 2.18. The molecule has 2 fully saturated rings. The molecule has 10 heteroatoms. The third-order valence-corrected chi connectivity index (χ3v) is 4.87. The molecular formula is C22H46Cl2N4O4. The normalized spacial score (nSPS) is 25.5. The Balaban J connectivity index is 0. The molecule has 2 aliphatic rings. The minimum Gasteiger partial charge on any atom is -0.444 e. The first-order valence-electron chi connectivity index (χ1n) is 11.2. The van der Waals surface area contributed by atoms with E-state index in [2.05, 4.69) is 10.6 Å². The van der Waals surface area contributed by atoms with Crippen LogP contribution in [0.1, 0.15) is 92.9 Å². The second kappa shape index (κ2) is 15.0. The highest BCUT2D eigenvalue weighted by molar-refractivity contribution is 5.85. The van der Waals surface area contributed by atoms with Crippen molar-refractivity contribution in [2.75, 3.05) is 0 Å². The van der Waals surface area contributed by atoms with Crippen LogP contribution in [0.15, 0.2) is 0 Å². The molecule has 4 atom stereocenters. The Kier molecular flexibility index (Phi) is 15.6. The van der Waals surface area contributed by atoms with Gasteiger partial charge < -0.3 is 31.6 Å². The van der Waals surface area contributed by atoms with Crippen LogP contribution in [0.3, 0.4) is 0 Å². The molecule has 0 aromatic heterocycles. The van der Waals surface area contributed by atoms with Gasteiger partial charge in [-0.3, -0.25) is 0 Å². The maximum Gasteiger partial charge on any atom is 0.407 e. The minimum atomic E-state index is -0.430. The Bertz CT molecular complexity index is 505. The Morgan fingerprint density at radius 2 is 1.00 bits per heavy atom. The number of hydrogen-bond acceptors (Lipinski definition) is 6. The summed E-state index contributed by atoms with van der Waals surface area (Å²) < 4.78 is 10.4. The van der Waals surface area contributed by atoms with Crippen LogP contribution in [-0.2, 0) is 9.47 Å². The first kappa shape index (κ1) is 33.2. The van der Waals surface area contributed by atoms with Gasteiger partial charge in [0, 0.05) is 24.2 Å². The van der Waals surface area contributed by atoms with Crippen LogP contribution < -0.4 is 22.1 Å². The van der Waals surface area contributed by atoms with Crippen molar-refractivity contribution in [3.8, 4) is 0 Å². The van der Waals surface area contributed by atoms with E-state index in [0.717, 1.165) is 51.4 Å². The quantitative estimate of drug-likeness (QED) is 0.444. The van der Waals surface area contributed by atoms with Gasteiger partial charge in [0.1, 0.15) is 11.2 Å². The predicted molar refractivity (Wildman–Crippen MR) is 134 cm³/mol. The number of alkyl carbamates (subject to hydrolysis) is 2. The highest BCUT2D eigenvalue weighted by atomic mass is 35.5. The number of hydrogen-bond donors (Lipinski definition) is 4. The van der Waals surface area contributed by atoms with Crippen molar-refractivity contribution in [1.82, 2.24) is 10.6 Å². The molecule has 2 saturated carbocycles. The molecule has 2 aliphatic carbocycles. The summed E-state index contributed by atoms with van der Waals surface area (Å²) in [7, 11) is 0. The fraction of sp³-hybridized carbons (Fsp3) is 0.909. The zero-order valence-corrected chi connectivity index (χ0v) is 22.2. The molecule has 8 nitrogen and oxygen atoms in total. The van der Waals surface area contributed by atoms with Crippen molar-refractivity contribution in [2.45, 2.75) is 128 Å². The first-order valence-corrected chi connectivity index (χ1v) is 11.2. The molecule has 2 amide bonds. The van der Waals surface area contributed by atoms with Gasteiger partial charge in [-0.05, 0) is 92.9 Å². The number of nitrogens with two attached hydrogens (primary N) is 2. The number of nitrogens with one attached hydrogen (secondary N) is 2. The molecule has 0 spiro atoms. The summed E-state index contributed by atoms with van der Waals surface area (Å²) in [5.41, 5.74) is 10.8. The number of carbonyl (C=O) groups excluding carboxylic acids is 2. The lowest BCUT2D eigenvalue weighted by molar-refractivity contribution is 0.0478. The Morgan fingerprint density at radius 3 is 1.25 bits per heavy atom. The van der Waals surface area contributed by atoms with E-state index in [0.29, 0.717) is 0 Å². The van der Waals surface area contributed by atoms with Gasteiger partial charge in [-0.15, -0.1) is 24.8 Å². The van der Waals surface area contributed by atoms with Gasteiger partial charge in [0.25, 0.3) is 0 Å². The summed E-state index contributed by atoms with van der Waals surface area (Å²) in [5, 5.41) is 5.73. The second-order valence-corrected chi connectivity index (χ2v) is 10.5. The third-order valence-electron chi connectivity index (χ3n) is 4.87. The fourth-order valence-electron chi connectivity index (χ4n) is 3.67. The van der Waals surface area contributed by atoms with Crippen molar-refractivity contribution in [3.05, 3.63) is 0 Å². The molecule has 0 aromatic carbocycles. The van der Waals surface area contributed by atoms with Crippen molar-refractivity contribution in [2.24, 2.45) is 11.5 Å². The molecule has 0 heterocycles. The molecule has 0 bridgehead atoms. The van der Waals surface area contributed by atoms with Crippen LogP contribution in [-0.4, -0.2) is 47.6 Å². The van der Waals surface area contributed by atoms with Crippen molar-refractivity contribution < 1.29 is 19.1 Å². The zero-order chi connectivity index (χ0) is 22.9. The van der Waals surface area contributed by atoms with E-state index in [1.165, 1.54) is 0 Å². The van der Waals surface area contributed by atoms with E-state index in [-0.39, 0.29) is 61.2 Å². The van der Waals surface area contributed by atoms with Crippen molar-refractivity contribution in [1.29, 1.82) is 0 Å². The largest absolute Gasteiger partial charge is 0.444 e. The van der Waals surface area contributed by atoms with E-state index < -0.39 is 11.2 Å². The van der Waals surface area contributed by atoms with Gasteiger partial charge >= 0.3 is 12.2 Å². The molecular weight excluding hydrogens is 455 g/mol. The average Bonchev–Trinajstić information content (AvgIpc) is 2.51. The molecule has 0 radical (unpaired) electrons. The molecule has 32 heavy (non-hydrogen) atoms. The monoisotopic (exact) mass is 500 g/mol. The molecule has 0 saturated heterocycles. The number of halogens is 2. The molecule has 6 N–H and O–H groups in total. The van der Waals surface area contributed by atoms with Gasteiger partial charge in [0.15, 0.2) is 0 Å². The van der Waals surface area contributed by atoms with Gasteiger partial charge in [0.05, 0.1) is 0 Å². The average molecular weight is 502 g/mol. The summed E-state index contributed by atoms with van der Waals surface area (Å²) >= 11 is 0. The smallest absolute Gasteiger partial charge is 0.407 e. The molecule has 0 aromatic rings. The van der Waals surface area contributed by atoms with E-state index >= 15 is 0 Å². The maximum absolute atomic E-state index is 11.5. The SMILES string of the molecule is CC(C)(C)OC(=O)N[C@@H]1CCC[C@@H](N)C1.CC(C)(C)OC(=O)N[C@H]1CCC[C@H](N)C1.Cl.Cl. The fourth-order valence-corrected chi connectivity index (χ4v) is 3.67. The Hall–Kier alpha value is -0.960. The molecule has 192 valence electrons.